The van der Waals surface area contributed by atoms with E-state index >= 15 is 0 Å². The highest BCUT2D eigenvalue weighted by Gasteiger charge is 2.31. The average molecular weight is 327 g/mol. The standard InChI is InChI=1S/C20H25NO3/c1-20(2)12-15-7-5-8-17(19(15)24-20)14-21-13-16-6-3-4-9-18(16)23-11-10-22/h3-9,21-22H,10-14H2,1-2H3. The summed E-state index contributed by atoms with van der Waals surface area (Å²) in [5.41, 5.74) is 3.43. The molecule has 0 saturated carbocycles. The first-order valence-electron chi connectivity index (χ1n) is 8.41. The Morgan fingerprint density at radius 3 is 2.67 bits per heavy atom. The normalized spacial score (nSPS) is 15.0. The van der Waals surface area contributed by atoms with Crippen LogP contribution in [-0.2, 0) is 19.5 Å². The van der Waals surface area contributed by atoms with Gasteiger partial charge in [-0.25, -0.2) is 0 Å². The molecule has 0 unspecified atom stereocenters. The van der Waals surface area contributed by atoms with Crippen molar-refractivity contribution in [2.24, 2.45) is 0 Å². The van der Waals surface area contributed by atoms with Gasteiger partial charge in [0.1, 0.15) is 23.7 Å². The summed E-state index contributed by atoms with van der Waals surface area (Å²) in [7, 11) is 0. The molecule has 0 atom stereocenters. The molecule has 0 fully saturated rings. The van der Waals surface area contributed by atoms with Gasteiger partial charge in [0.05, 0.1) is 6.61 Å². The maximum absolute atomic E-state index is 8.92. The summed E-state index contributed by atoms with van der Waals surface area (Å²) in [5.74, 6) is 1.84. The van der Waals surface area contributed by atoms with Crippen molar-refractivity contribution < 1.29 is 14.6 Å². The Hall–Kier alpha value is -2.04. The zero-order chi connectivity index (χ0) is 17.0. The highest BCUT2D eigenvalue weighted by atomic mass is 16.5. The summed E-state index contributed by atoms with van der Waals surface area (Å²) < 4.78 is 11.7. The fourth-order valence-corrected chi connectivity index (χ4v) is 3.10. The van der Waals surface area contributed by atoms with Crippen molar-refractivity contribution in [1.29, 1.82) is 0 Å². The van der Waals surface area contributed by atoms with Gasteiger partial charge < -0.3 is 19.9 Å². The molecule has 1 aliphatic rings. The molecule has 2 aromatic rings. The van der Waals surface area contributed by atoms with E-state index in [1.54, 1.807) is 0 Å². The van der Waals surface area contributed by atoms with Gasteiger partial charge >= 0.3 is 0 Å². The quantitative estimate of drug-likeness (QED) is 0.821. The number of hydrogen-bond donors (Lipinski definition) is 2. The molecule has 0 bridgehead atoms. The summed E-state index contributed by atoms with van der Waals surface area (Å²) in [4.78, 5) is 0. The van der Waals surface area contributed by atoms with E-state index in [1.165, 1.54) is 11.1 Å². The van der Waals surface area contributed by atoms with Crippen LogP contribution < -0.4 is 14.8 Å². The van der Waals surface area contributed by atoms with Crippen molar-refractivity contribution in [3.63, 3.8) is 0 Å². The Labute approximate surface area is 143 Å². The lowest BCUT2D eigenvalue weighted by Crippen LogP contribution is -2.25. The number of ether oxygens (including phenoxy) is 2. The average Bonchev–Trinajstić information content (AvgIpc) is 2.88. The van der Waals surface area contributed by atoms with Crippen LogP contribution in [0.4, 0.5) is 0 Å². The summed E-state index contributed by atoms with van der Waals surface area (Å²) in [6.07, 6.45) is 0.952. The Morgan fingerprint density at radius 2 is 1.83 bits per heavy atom. The van der Waals surface area contributed by atoms with Crippen molar-refractivity contribution in [3.05, 3.63) is 59.2 Å². The van der Waals surface area contributed by atoms with E-state index in [0.717, 1.165) is 30.0 Å². The molecule has 2 N–H and O–H groups in total. The molecule has 0 saturated heterocycles. The van der Waals surface area contributed by atoms with E-state index in [0.29, 0.717) is 13.2 Å². The molecule has 3 rings (SSSR count). The number of aliphatic hydroxyl groups excluding tert-OH is 1. The number of aliphatic hydroxyl groups is 1. The molecule has 4 nitrogen and oxygen atoms in total. The summed E-state index contributed by atoms with van der Waals surface area (Å²) in [6, 6.07) is 14.3. The first kappa shape index (κ1) is 16.8. The topological polar surface area (TPSA) is 50.7 Å². The lowest BCUT2D eigenvalue weighted by Gasteiger charge is -2.18. The second-order valence-corrected chi connectivity index (χ2v) is 6.73. The van der Waals surface area contributed by atoms with E-state index < -0.39 is 0 Å². The Bertz CT molecular complexity index is 697. The minimum atomic E-state index is -0.122. The van der Waals surface area contributed by atoms with Crippen LogP contribution in [-0.4, -0.2) is 23.9 Å². The number of benzene rings is 2. The fourth-order valence-electron chi connectivity index (χ4n) is 3.10. The fraction of sp³-hybridized carbons (Fsp3) is 0.400. The van der Waals surface area contributed by atoms with Crippen molar-refractivity contribution in [2.45, 2.75) is 39.0 Å². The predicted octanol–water partition coefficient (Wildman–Crippen LogP) is 3.06. The van der Waals surface area contributed by atoms with Crippen molar-refractivity contribution in [2.75, 3.05) is 13.2 Å². The van der Waals surface area contributed by atoms with Crippen LogP contribution in [0.3, 0.4) is 0 Å². The molecule has 128 valence electrons. The molecule has 0 amide bonds. The largest absolute Gasteiger partial charge is 0.491 e. The Kier molecular flexibility index (Phi) is 5.07. The third kappa shape index (κ3) is 3.89. The first-order valence-corrected chi connectivity index (χ1v) is 8.41. The molecule has 24 heavy (non-hydrogen) atoms. The molecule has 0 aromatic heterocycles. The van der Waals surface area contributed by atoms with Gasteiger partial charge in [-0.1, -0.05) is 36.4 Å². The zero-order valence-electron chi connectivity index (χ0n) is 14.3. The second kappa shape index (κ2) is 7.24. The lowest BCUT2D eigenvalue weighted by molar-refractivity contribution is 0.137. The molecular weight excluding hydrogens is 302 g/mol. The first-order chi connectivity index (χ1) is 11.6. The molecule has 0 spiro atoms. The molecule has 2 aromatic carbocycles. The molecule has 4 heteroatoms. The number of hydrogen-bond acceptors (Lipinski definition) is 4. The van der Waals surface area contributed by atoms with Crippen molar-refractivity contribution >= 4 is 0 Å². The van der Waals surface area contributed by atoms with Crippen molar-refractivity contribution in [1.82, 2.24) is 5.32 Å². The van der Waals surface area contributed by atoms with Crippen LogP contribution in [0.25, 0.3) is 0 Å². The second-order valence-electron chi connectivity index (χ2n) is 6.73. The predicted molar refractivity (Wildman–Crippen MR) is 94.4 cm³/mol. The number of fused-ring (bicyclic) bond motifs is 1. The van der Waals surface area contributed by atoms with Gasteiger partial charge in [0.2, 0.25) is 0 Å². The highest BCUT2D eigenvalue weighted by molar-refractivity contribution is 5.45. The monoisotopic (exact) mass is 327 g/mol. The van der Waals surface area contributed by atoms with Crippen molar-refractivity contribution in [3.8, 4) is 11.5 Å². The van der Waals surface area contributed by atoms with Gasteiger partial charge in [-0.15, -0.1) is 0 Å². The van der Waals surface area contributed by atoms with Crippen LogP contribution in [0, 0.1) is 0 Å². The molecule has 1 aliphatic heterocycles. The summed E-state index contributed by atoms with van der Waals surface area (Å²) in [5, 5.41) is 12.4. The van der Waals surface area contributed by atoms with Crippen LogP contribution in [0.1, 0.15) is 30.5 Å². The maximum atomic E-state index is 8.92. The molecule has 1 heterocycles. The Morgan fingerprint density at radius 1 is 1.08 bits per heavy atom. The van der Waals surface area contributed by atoms with Gasteiger partial charge in [0.15, 0.2) is 0 Å². The third-order valence-corrected chi connectivity index (χ3v) is 4.13. The smallest absolute Gasteiger partial charge is 0.127 e. The minimum absolute atomic E-state index is 0.0189. The van der Waals surface area contributed by atoms with Gasteiger partial charge in [-0.2, -0.15) is 0 Å². The van der Waals surface area contributed by atoms with Gasteiger partial charge in [-0.05, 0) is 25.5 Å². The van der Waals surface area contributed by atoms with E-state index in [9.17, 15) is 0 Å². The molecular formula is C20H25NO3. The Balaban J connectivity index is 1.64. The van der Waals surface area contributed by atoms with E-state index in [1.807, 2.05) is 24.3 Å². The van der Waals surface area contributed by atoms with Crippen LogP contribution >= 0.6 is 0 Å². The summed E-state index contributed by atoms with van der Waals surface area (Å²) in [6.45, 7) is 6.03. The lowest BCUT2D eigenvalue weighted by atomic mass is 10.0. The molecule has 0 radical (unpaired) electrons. The SMILES string of the molecule is CC1(C)Cc2cccc(CNCc3ccccc3OCCO)c2O1. The number of rotatable bonds is 7. The third-order valence-electron chi connectivity index (χ3n) is 4.13. The highest BCUT2D eigenvalue weighted by Crippen LogP contribution is 2.37. The molecule has 0 aliphatic carbocycles. The number of para-hydroxylation sites is 2. The van der Waals surface area contributed by atoms with Gasteiger partial charge in [0, 0.05) is 30.6 Å². The van der Waals surface area contributed by atoms with Gasteiger partial charge in [0.25, 0.3) is 0 Å². The van der Waals surface area contributed by atoms with Gasteiger partial charge in [-0.3, -0.25) is 0 Å². The van der Waals surface area contributed by atoms with Crippen LogP contribution in [0.15, 0.2) is 42.5 Å². The maximum Gasteiger partial charge on any atom is 0.127 e. The van der Waals surface area contributed by atoms with E-state index in [4.69, 9.17) is 14.6 Å². The van der Waals surface area contributed by atoms with Crippen LogP contribution in [0.5, 0.6) is 11.5 Å². The van der Waals surface area contributed by atoms with E-state index in [2.05, 4.69) is 37.4 Å². The zero-order valence-corrected chi connectivity index (χ0v) is 14.3. The number of nitrogens with one attached hydrogen (secondary N) is 1. The summed E-state index contributed by atoms with van der Waals surface area (Å²) >= 11 is 0. The van der Waals surface area contributed by atoms with Crippen LogP contribution in [0.2, 0.25) is 0 Å². The van der Waals surface area contributed by atoms with E-state index in [-0.39, 0.29) is 12.2 Å². The minimum Gasteiger partial charge on any atom is -0.491 e.